The minimum atomic E-state index is 0.0107. The van der Waals surface area contributed by atoms with Crippen molar-refractivity contribution in [3.63, 3.8) is 0 Å². The second-order valence-electron chi connectivity index (χ2n) is 6.05. The van der Waals surface area contributed by atoms with Gasteiger partial charge in [-0.2, -0.15) is 0 Å². The van der Waals surface area contributed by atoms with Gasteiger partial charge < -0.3 is 14.8 Å². The third kappa shape index (κ3) is 3.76. The Kier molecular flexibility index (Phi) is 5.23. The molecular weight excluding hydrogens is 262 g/mol. The van der Waals surface area contributed by atoms with Crippen LogP contribution in [-0.2, 0) is 17.8 Å². The van der Waals surface area contributed by atoms with Gasteiger partial charge in [0.2, 0.25) is 5.91 Å². The zero-order chi connectivity index (χ0) is 15.4. The third-order valence-corrected chi connectivity index (χ3v) is 4.10. The summed E-state index contributed by atoms with van der Waals surface area (Å²) in [6.45, 7) is 6.12. The Hall–Kier alpha value is -1.55. The largest absolute Gasteiger partial charge is 0.349 e. The Morgan fingerprint density at radius 2 is 2.29 bits per heavy atom. The number of hydrogen-bond donors (Lipinski definition) is 1. The summed E-state index contributed by atoms with van der Waals surface area (Å²) in [4.78, 5) is 14.1. The minimum absolute atomic E-state index is 0.0107. The third-order valence-electron chi connectivity index (χ3n) is 4.10. The van der Waals surface area contributed by atoms with Crippen LogP contribution in [0.4, 0.5) is 0 Å². The number of aromatic nitrogens is 1. The molecule has 0 spiro atoms. The average molecular weight is 289 g/mol. The monoisotopic (exact) mass is 289 g/mol. The average Bonchev–Trinajstić information content (AvgIpc) is 2.75. The van der Waals surface area contributed by atoms with Gasteiger partial charge in [0, 0.05) is 30.6 Å². The second-order valence-corrected chi connectivity index (χ2v) is 6.05. The summed E-state index contributed by atoms with van der Waals surface area (Å²) in [5, 5.41) is 3.16. The lowest BCUT2D eigenvalue weighted by Crippen LogP contribution is -2.29. The summed E-state index contributed by atoms with van der Waals surface area (Å²) < 4.78 is 2.37. The van der Waals surface area contributed by atoms with Crippen LogP contribution in [0.5, 0.6) is 0 Å². The topological polar surface area (TPSA) is 37.3 Å². The van der Waals surface area contributed by atoms with E-state index in [1.807, 2.05) is 25.1 Å². The smallest absolute Gasteiger partial charge is 0.244 e. The molecule has 1 heterocycles. The number of fused-ring (bicyclic) bond motifs is 1. The van der Waals surface area contributed by atoms with Gasteiger partial charge >= 0.3 is 0 Å². The molecule has 1 aromatic heterocycles. The predicted molar refractivity (Wildman–Crippen MR) is 86.4 cm³/mol. The number of likely N-dealkylation sites (N-methyl/N-ethyl adjacent to an activating group) is 1. The van der Waals surface area contributed by atoms with Gasteiger partial charge in [-0.25, -0.2) is 0 Å². The Bertz CT molecular complexity index is 528. The molecule has 4 heteroatoms. The molecule has 116 valence electrons. The van der Waals surface area contributed by atoms with E-state index in [0.29, 0.717) is 0 Å². The molecule has 1 atom stereocenters. The highest BCUT2D eigenvalue weighted by molar-refractivity contribution is 5.87. The van der Waals surface area contributed by atoms with Crippen molar-refractivity contribution < 1.29 is 4.79 Å². The van der Waals surface area contributed by atoms with Gasteiger partial charge in [-0.1, -0.05) is 6.08 Å². The second kappa shape index (κ2) is 6.94. The van der Waals surface area contributed by atoms with Gasteiger partial charge in [0.05, 0.1) is 6.04 Å². The molecule has 1 aromatic rings. The van der Waals surface area contributed by atoms with E-state index in [4.69, 9.17) is 0 Å². The number of carbonyl (C=O) groups is 1. The first kappa shape index (κ1) is 15.8. The lowest BCUT2D eigenvalue weighted by Gasteiger charge is -2.24. The molecule has 0 aliphatic heterocycles. The highest BCUT2D eigenvalue weighted by Gasteiger charge is 2.24. The van der Waals surface area contributed by atoms with Crippen molar-refractivity contribution in [2.75, 3.05) is 20.6 Å². The van der Waals surface area contributed by atoms with Crippen LogP contribution < -0.4 is 5.32 Å². The summed E-state index contributed by atoms with van der Waals surface area (Å²) >= 11 is 0. The molecule has 1 aliphatic rings. The van der Waals surface area contributed by atoms with E-state index in [0.717, 1.165) is 32.4 Å². The van der Waals surface area contributed by atoms with Crippen molar-refractivity contribution in [2.45, 2.75) is 45.7 Å². The Morgan fingerprint density at radius 3 is 2.95 bits per heavy atom. The molecule has 1 unspecified atom stereocenters. The zero-order valence-electron chi connectivity index (χ0n) is 13.6. The first-order valence-corrected chi connectivity index (χ1v) is 7.83. The molecule has 0 bridgehead atoms. The van der Waals surface area contributed by atoms with Crippen LogP contribution in [0.15, 0.2) is 18.2 Å². The lowest BCUT2D eigenvalue weighted by atomic mass is 9.92. The highest BCUT2D eigenvalue weighted by atomic mass is 16.1. The lowest BCUT2D eigenvalue weighted by molar-refractivity contribution is -0.117. The van der Waals surface area contributed by atoms with Crippen LogP contribution in [-0.4, -0.2) is 36.0 Å². The molecule has 0 aromatic carbocycles. The molecule has 0 saturated heterocycles. The molecule has 1 aliphatic carbocycles. The van der Waals surface area contributed by atoms with Gasteiger partial charge in [0.25, 0.3) is 0 Å². The summed E-state index contributed by atoms with van der Waals surface area (Å²) in [7, 11) is 3.98. The maximum absolute atomic E-state index is 12.0. The van der Waals surface area contributed by atoms with Crippen molar-refractivity contribution in [1.82, 2.24) is 14.8 Å². The number of amides is 1. The first-order chi connectivity index (χ1) is 10.0. The van der Waals surface area contributed by atoms with E-state index in [1.165, 1.54) is 17.0 Å². The molecule has 21 heavy (non-hydrogen) atoms. The fourth-order valence-electron chi connectivity index (χ4n) is 3.15. The Morgan fingerprint density at radius 1 is 1.52 bits per heavy atom. The van der Waals surface area contributed by atoms with Gasteiger partial charge in [-0.15, -0.1) is 0 Å². The number of nitrogens with zero attached hydrogens (tertiary/aromatic N) is 2. The molecule has 2 rings (SSSR count). The standard InChI is InChI=1S/C17H27N3O/c1-5-20-13(2)12-14-15(8-6-9-16(14)20)18-17(21)10-7-11-19(3)4/h7,10,12,15H,5-6,8-9,11H2,1-4H3,(H,18,21)/b10-7+. The Balaban J connectivity index is 2.07. The molecule has 0 fully saturated rings. The quantitative estimate of drug-likeness (QED) is 0.845. The molecule has 4 nitrogen and oxygen atoms in total. The van der Waals surface area contributed by atoms with Crippen molar-refractivity contribution in [3.8, 4) is 0 Å². The van der Waals surface area contributed by atoms with Crippen LogP contribution in [0, 0.1) is 6.92 Å². The maximum atomic E-state index is 12.0. The van der Waals surface area contributed by atoms with Crippen molar-refractivity contribution in [3.05, 3.63) is 35.2 Å². The summed E-state index contributed by atoms with van der Waals surface area (Å²) in [5.74, 6) is 0.0107. The fourth-order valence-corrected chi connectivity index (χ4v) is 3.15. The van der Waals surface area contributed by atoms with E-state index in [-0.39, 0.29) is 11.9 Å². The minimum Gasteiger partial charge on any atom is -0.349 e. The Labute approximate surface area is 127 Å². The number of carbonyl (C=O) groups excluding carboxylic acids is 1. The number of nitrogens with one attached hydrogen (secondary N) is 1. The number of rotatable bonds is 5. The molecule has 0 radical (unpaired) electrons. The van der Waals surface area contributed by atoms with Gasteiger partial charge in [-0.05, 0) is 58.8 Å². The van der Waals surface area contributed by atoms with Crippen LogP contribution in [0.3, 0.4) is 0 Å². The van der Waals surface area contributed by atoms with Crippen LogP contribution in [0.2, 0.25) is 0 Å². The maximum Gasteiger partial charge on any atom is 0.244 e. The fraction of sp³-hybridized carbons (Fsp3) is 0.588. The van der Waals surface area contributed by atoms with E-state index in [9.17, 15) is 4.79 Å². The summed E-state index contributed by atoms with van der Waals surface area (Å²) in [5.41, 5.74) is 4.02. The van der Waals surface area contributed by atoms with E-state index >= 15 is 0 Å². The predicted octanol–water partition coefficient (Wildman–Crippen LogP) is 2.43. The van der Waals surface area contributed by atoms with Crippen molar-refractivity contribution in [2.24, 2.45) is 0 Å². The molecule has 0 saturated carbocycles. The summed E-state index contributed by atoms with van der Waals surface area (Å²) in [6.07, 6.45) is 6.86. The van der Waals surface area contributed by atoms with E-state index < -0.39 is 0 Å². The van der Waals surface area contributed by atoms with Gasteiger partial charge in [0.1, 0.15) is 0 Å². The number of aryl methyl sites for hydroxylation is 1. The first-order valence-electron chi connectivity index (χ1n) is 7.83. The molecule has 1 amide bonds. The summed E-state index contributed by atoms with van der Waals surface area (Å²) in [6, 6.07) is 2.41. The van der Waals surface area contributed by atoms with E-state index in [1.54, 1.807) is 6.08 Å². The molecular formula is C17H27N3O. The normalized spacial score (nSPS) is 18.2. The number of hydrogen-bond acceptors (Lipinski definition) is 2. The SMILES string of the molecule is CCn1c(C)cc2c1CCCC2NC(=O)/C=C/CN(C)C. The van der Waals surface area contributed by atoms with Crippen LogP contribution >= 0.6 is 0 Å². The van der Waals surface area contributed by atoms with Crippen molar-refractivity contribution >= 4 is 5.91 Å². The van der Waals surface area contributed by atoms with Crippen molar-refractivity contribution in [1.29, 1.82) is 0 Å². The highest BCUT2D eigenvalue weighted by Crippen LogP contribution is 2.32. The van der Waals surface area contributed by atoms with Crippen LogP contribution in [0.25, 0.3) is 0 Å². The molecule has 1 N–H and O–H groups in total. The van der Waals surface area contributed by atoms with Gasteiger partial charge in [-0.3, -0.25) is 4.79 Å². The van der Waals surface area contributed by atoms with Gasteiger partial charge in [0.15, 0.2) is 0 Å². The van der Waals surface area contributed by atoms with Crippen LogP contribution in [0.1, 0.15) is 42.8 Å². The van der Waals surface area contributed by atoms with E-state index in [2.05, 4.69) is 29.8 Å². The zero-order valence-corrected chi connectivity index (χ0v) is 13.6.